The molecule has 0 spiro atoms. The third-order valence-electron chi connectivity index (χ3n) is 16.4. The lowest BCUT2D eigenvalue weighted by atomic mass is 9.37. The van der Waals surface area contributed by atoms with Crippen LogP contribution in [0.4, 0.5) is 34.1 Å². The van der Waals surface area contributed by atoms with Crippen molar-refractivity contribution in [1.82, 2.24) is 0 Å². The van der Waals surface area contributed by atoms with Crippen LogP contribution in [0.15, 0.2) is 224 Å². The van der Waals surface area contributed by atoms with E-state index in [4.69, 9.17) is 17.7 Å². The maximum absolute atomic E-state index is 7.48. The highest BCUT2D eigenvalue weighted by atomic mass is 16.4. The van der Waals surface area contributed by atoms with Crippen molar-refractivity contribution in [3.63, 3.8) is 0 Å². The average Bonchev–Trinajstić information content (AvgIpc) is 3.35. The first-order valence-corrected chi connectivity index (χ1v) is 27.1. The van der Waals surface area contributed by atoms with Crippen molar-refractivity contribution in [3.8, 4) is 44.5 Å². The van der Waals surface area contributed by atoms with Crippen molar-refractivity contribution < 1.29 is 17.7 Å². The Bertz CT molecular complexity index is 4270. The van der Waals surface area contributed by atoms with E-state index in [1.807, 2.05) is 36.8 Å². The van der Waals surface area contributed by atoms with Crippen molar-refractivity contribution in [3.05, 3.63) is 223 Å². The molecule has 2 aliphatic rings. The summed E-state index contributed by atoms with van der Waals surface area (Å²) < 4.78 is 27.3. The minimum Gasteiger partial charge on any atom is -0.468 e. The zero-order valence-electron chi connectivity index (χ0n) is 44.7. The van der Waals surface area contributed by atoms with Gasteiger partial charge in [0.1, 0.15) is 33.7 Å². The molecular weight excluding hydrogens is 956 g/mol. The fourth-order valence-corrected chi connectivity index (χ4v) is 12.4. The number of rotatable bonds is 6. The van der Waals surface area contributed by atoms with Crippen LogP contribution in [0.3, 0.4) is 0 Å². The molecule has 0 saturated heterocycles. The molecule has 0 aliphatic carbocycles. The number of aryl methyl sites for hydroxylation is 1. The van der Waals surface area contributed by atoms with Gasteiger partial charge in [0.05, 0.1) is 35.3 Å². The fourth-order valence-electron chi connectivity index (χ4n) is 12.4. The van der Waals surface area contributed by atoms with Crippen LogP contribution in [-0.2, 0) is 10.8 Å². The van der Waals surface area contributed by atoms with Crippen LogP contribution in [0.1, 0.15) is 58.2 Å². The van der Waals surface area contributed by atoms with Crippen molar-refractivity contribution in [2.24, 2.45) is 0 Å². The first kappa shape index (κ1) is 46.1. The number of furan rings is 4. The third-order valence-corrected chi connectivity index (χ3v) is 16.4. The molecule has 0 bridgehead atoms. The van der Waals surface area contributed by atoms with E-state index < -0.39 is 6.71 Å². The van der Waals surface area contributed by atoms with E-state index in [1.54, 1.807) is 0 Å². The molecule has 0 unspecified atom stereocenters. The quantitative estimate of drug-likeness (QED) is 0.155. The lowest BCUT2D eigenvalue weighted by molar-refractivity contribution is 0.590. The first-order valence-electron chi connectivity index (χ1n) is 27.1. The molecule has 7 heteroatoms. The van der Waals surface area contributed by atoms with Gasteiger partial charge in [-0.25, -0.2) is 0 Å². The van der Waals surface area contributed by atoms with E-state index in [0.717, 1.165) is 145 Å². The minimum atomic E-state index is -0.405. The van der Waals surface area contributed by atoms with Crippen LogP contribution in [0.5, 0.6) is 0 Å². The topological polar surface area (TPSA) is 59.0 Å². The van der Waals surface area contributed by atoms with E-state index in [0.29, 0.717) is 0 Å². The van der Waals surface area contributed by atoms with E-state index in [2.05, 4.69) is 228 Å². The number of anilines is 6. The van der Waals surface area contributed by atoms with Crippen LogP contribution in [0, 0.1) is 6.92 Å². The molecule has 4 aromatic heterocycles. The normalized spacial score (nSPS) is 13.2. The van der Waals surface area contributed by atoms with Gasteiger partial charge in [-0.1, -0.05) is 163 Å². The summed E-state index contributed by atoms with van der Waals surface area (Å²) in [4.78, 5) is 5.01. The van der Waals surface area contributed by atoms with Crippen LogP contribution < -0.4 is 26.6 Å². The smallest absolute Gasteiger partial charge is 0.342 e. The average molecular weight is 1010 g/mol. The summed E-state index contributed by atoms with van der Waals surface area (Å²) in [5.74, 6) is 0. The lowest BCUT2D eigenvalue weighted by Crippen LogP contribution is -2.60. The molecule has 13 aromatic rings. The van der Waals surface area contributed by atoms with Gasteiger partial charge in [-0.05, 0) is 135 Å². The van der Waals surface area contributed by atoms with Crippen molar-refractivity contribution in [2.45, 2.75) is 59.3 Å². The van der Waals surface area contributed by atoms with Crippen LogP contribution in [0.25, 0.3) is 88.4 Å². The summed E-state index contributed by atoms with van der Waals surface area (Å²) in [6, 6.07) is 70.2. The summed E-state index contributed by atoms with van der Waals surface area (Å²) in [6.45, 7) is 15.5. The van der Waals surface area contributed by atoms with Gasteiger partial charge < -0.3 is 27.5 Å². The fraction of sp³-hybridized carbons (Fsp3) is 0.127. The van der Waals surface area contributed by atoms with E-state index in [-0.39, 0.29) is 10.8 Å². The van der Waals surface area contributed by atoms with E-state index in [1.165, 1.54) is 11.1 Å². The Hall–Kier alpha value is -9.20. The Labute approximate surface area is 453 Å². The molecule has 15 rings (SSSR count). The Morgan fingerprint density at radius 2 is 0.782 bits per heavy atom. The highest BCUT2D eigenvalue weighted by Gasteiger charge is 2.50. The number of fused-ring (bicyclic) bond motifs is 10. The van der Waals surface area contributed by atoms with Gasteiger partial charge in [-0.3, -0.25) is 0 Å². The van der Waals surface area contributed by atoms with Crippen molar-refractivity contribution in [1.29, 1.82) is 0 Å². The van der Waals surface area contributed by atoms with Crippen molar-refractivity contribution >= 4 is 101 Å². The predicted octanol–water partition coefficient (Wildman–Crippen LogP) is 18.3. The second kappa shape index (κ2) is 16.9. The van der Waals surface area contributed by atoms with Crippen molar-refractivity contribution in [2.75, 3.05) is 9.80 Å². The van der Waals surface area contributed by atoms with Crippen LogP contribution >= 0.6 is 0 Å². The largest absolute Gasteiger partial charge is 0.468 e. The third kappa shape index (κ3) is 7.03. The van der Waals surface area contributed by atoms with Gasteiger partial charge >= 0.3 is 6.71 Å². The molecule has 0 atom stereocenters. The van der Waals surface area contributed by atoms with Gasteiger partial charge in [-0.2, -0.15) is 0 Å². The molecule has 376 valence electrons. The van der Waals surface area contributed by atoms with Gasteiger partial charge in [0, 0.05) is 55.2 Å². The number of hydrogen-bond acceptors (Lipinski definition) is 6. The predicted molar refractivity (Wildman–Crippen MR) is 323 cm³/mol. The second-order valence-corrected chi connectivity index (χ2v) is 23.4. The maximum Gasteiger partial charge on any atom is 0.342 e. The van der Waals surface area contributed by atoms with Crippen LogP contribution in [-0.4, -0.2) is 6.71 Å². The van der Waals surface area contributed by atoms with Gasteiger partial charge in [0.25, 0.3) is 0 Å². The number of para-hydroxylation sites is 2. The Kier molecular flexibility index (Phi) is 10.00. The molecule has 0 radical (unpaired) electrons. The number of benzene rings is 9. The van der Waals surface area contributed by atoms with Gasteiger partial charge in [0.2, 0.25) is 0 Å². The summed E-state index contributed by atoms with van der Waals surface area (Å²) in [7, 11) is 0. The monoisotopic (exact) mass is 1010 g/mol. The first-order chi connectivity index (χ1) is 37.9. The van der Waals surface area contributed by atoms with E-state index >= 15 is 0 Å². The molecule has 0 fully saturated rings. The molecule has 6 nitrogen and oxygen atoms in total. The zero-order chi connectivity index (χ0) is 52.8. The lowest BCUT2D eigenvalue weighted by Gasteiger charge is -2.42. The molecule has 2 aliphatic heterocycles. The molecule has 0 N–H and O–H groups in total. The standard InChI is InChI=1S/C71H55BN2O4/c1-42-34-59-65-60(35-42)74(58-31-27-46(37-52(58)44-20-12-9-13-21-44)56-41-76-62-25-17-15-23-50(56)62)67-54-39-48(71(5,6)7)29-33-64(54)78-69(67)72(65)68-66(53-38-47(70(2,3)4)28-32-63(53)77-68)73(59)57-30-26-45(36-51(57)43-18-10-8-11-19-43)55-40-75-61-24-16-14-22-49(55)61/h8-41H,1-7H3. The summed E-state index contributed by atoms with van der Waals surface area (Å²) in [5, 5.41) is 4.26. The maximum atomic E-state index is 7.48. The Balaban J connectivity index is 1.06. The minimum absolute atomic E-state index is 0.123. The SMILES string of the molecule is Cc1cc2c3c(c1)N(c1ccc(-c4coc5ccccc45)cc1-c1ccccc1)c1c(oc4ccc(C(C)(C)C)cc14)B3c1oc3ccc(C(C)(C)C)cc3c1N2c1ccc(-c2coc3ccccc23)cc1-c1ccccc1. The second-order valence-electron chi connectivity index (χ2n) is 23.4. The Morgan fingerprint density at radius 3 is 1.22 bits per heavy atom. The number of hydrogen-bond donors (Lipinski definition) is 0. The highest BCUT2D eigenvalue weighted by Crippen LogP contribution is 2.53. The van der Waals surface area contributed by atoms with Crippen LogP contribution in [0.2, 0.25) is 0 Å². The molecule has 0 amide bonds. The molecule has 78 heavy (non-hydrogen) atoms. The van der Waals surface area contributed by atoms with Gasteiger partial charge in [0.15, 0.2) is 0 Å². The summed E-state index contributed by atoms with van der Waals surface area (Å²) in [5.41, 5.74) is 24.4. The summed E-state index contributed by atoms with van der Waals surface area (Å²) in [6.07, 6.45) is 3.79. The summed E-state index contributed by atoms with van der Waals surface area (Å²) >= 11 is 0. The Morgan fingerprint density at radius 1 is 0.359 bits per heavy atom. The molecule has 0 saturated carbocycles. The number of nitrogens with zero attached hydrogens (tertiary/aromatic N) is 2. The molecule has 9 aromatic carbocycles. The highest BCUT2D eigenvalue weighted by molar-refractivity contribution is 6.99. The molecule has 6 heterocycles. The molecular formula is C71H55BN2O4. The van der Waals surface area contributed by atoms with E-state index in [9.17, 15) is 0 Å². The van der Waals surface area contributed by atoms with Gasteiger partial charge in [-0.15, -0.1) is 0 Å². The zero-order valence-corrected chi connectivity index (χ0v) is 44.7.